The molecular weight excluding hydrogens is 729 g/mol. The number of hydrogen-bond donors (Lipinski definition) is 5. The number of amides is 1. The van der Waals surface area contributed by atoms with E-state index in [0.717, 1.165) is 50.4 Å². The third kappa shape index (κ3) is 7.68. The minimum atomic E-state index is -1.04. The zero-order valence-corrected chi connectivity index (χ0v) is 34.0. The summed E-state index contributed by atoms with van der Waals surface area (Å²) in [5.41, 5.74) is 6.62. The second-order valence-electron chi connectivity index (χ2n) is 17.4. The Labute approximate surface area is 328 Å². The molecule has 5 heterocycles. The molecule has 7 aliphatic rings. The van der Waals surface area contributed by atoms with Gasteiger partial charge in [0.05, 0.1) is 38.2 Å². The van der Waals surface area contributed by atoms with Crippen LogP contribution in [0.25, 0.3) is 0 Å². The van der Waals surface area contributed by atoms with Gasteiger partial charge in [0, 0.05) is 86.7 Å². The third-order valence-electron chi connectivity index (χ3n) is 14.3. The molecule has 13 atom stereocenters. The molecule has 5 aliphatic heterocycles. The Morgan fingerprint density at radius 1 is 1.15 bits per heavy atom. The van der Waals surface area contributed by atoms with Crippen molar-refractivity contribution in [2.24, 2.45) is 47.2 Å². The van der Waals surface area contributed by atoms with Crippen LogP contribution in [0.15, 0.2) is 23.3 Å². The smallest absolute Gasteiger partial charge is 0.334 e. The highest BCUT2D eigenvalue weighted by atomic mass is 33.1. The molecule has 302 valence electrons. The fraction of sp³-hybridized carbons (Fsp3) is 0.825. The predicted octanol–water partition coefficient (Wildman–Crippen LogP) is 1.11. The van der Waals surface area contributed by atoms with E-state index in [1.165, 1.54) is 5.57 Å². The van der Waals surface area contributed by atoms with E-state index in [-0.39, 0.29) is 91.4 Å². The molecule has 1 spiro atoms. The van der Waals surface area contributed by atoms with Gasteiger partial charge >= 0.3 is 11.9 Å². The van der Waals surface area contributed by atoms with Crippen molar-refractivity contribution >= 4 is 39.4 Å². The first-order valence-electron chi connectivity index (χ1n) is 20.6. The summed E-state index contributed by atoms with van der Waals surface area (Å²) < 4.78 is 20.4. The van der Waals surface area contributed by atoms with E-state index < -0.39 is 17.2 Å². The van der Waals surface area contributed by atoms with Crippen molar-refractivity contribution in [1.82, 2.24) is 4.90 Å². The Balaban J connectivity index is 1.26. The van der Waals surface area contributed by atoms with Crippen LogP contribution in [0.4, 0.5) is 0 Å². The molecule has 5 saturated heterocycles. The van der Waals surface area contributed by atoms with Gasteiger partial charge in [-0.15, -0.1) is 0 Å². The van der Waals surface area contributed by atoms with Gasteiger partial charge in [-0.1, -0.05) is 39.3 Å². The predicted molar refractivity (Wildman–Crippen MR) is 206 cm³/mol. The fourth-order valence-corrected chi connectivity index (χ4v) is 14.1. The maximum Gasteiger partial charge on any atom is 0.334 e. The van der Waals surface area contributed by atoms with E-state index in [1.54, 1.807) is 13.0 Å². The number of allylic oxidation sites excluding steroid dienone is 1. The summed E-state index contributed by atoms with van der Waals surface area (Å²) >= 11 is 0. The molecule has 1 amide bonds. The van der Waals surface area contributed by atoms with Gasteiger partial charge in [0.2, 0.25) is 5.91 Å². The van der Waals surface area contributed by atoms with Crippen molar-refractivity contribution in [3.05, 3.63) is 23.3 Å². The summed E-state index contributed by atoms with van der Waals surface area (Å²) in [5.74, 6) is 2.00. The quantitative estimate of drug-likeness (QED) is 0.0977. The number of nitrogens with two attached hydrogens (primary N) is 3. The standard InChI is InChI=1S/C40H62N4O8S2/c1-4-23(8-11-46)38(49)52-39(2)9-7-25-21-53-54-22-31-29(18-42-3)20-44(31)35(47)14-28-19-43-34(41)15-30(28)36(25)40(39)17-27-13-26-12-24(6-5-10-45)37(48)50-32(26)16-33(27)51-40/h4,7,24,26-34,36,42-43,45-46H,5-6,8-22,41H2,1-3H3/p+2/t24?,26?,27?,28?,29-,30?,31-,32?,33?,34?,36-,39+,40+/m1/s1. The van der Waals surface area contributed by atoms with Crippen LogP contribution < -0.4 is 16.4 Å². The van der Waals surface area contributed by atoms with Crippen LogP contribution >= 0.6 is 21.6 Å². The molecule has 12 nitrogen and oxygen atoms in total. The summed E-state index contributed by atoms with van der Waals surface area (Å²) in [5, 5.41) is 23.7. The van der Waals surface area contributed by atoms with E-state index in [4.69, 9.17) is 19.9 Å². The van der Waals surface area contributed by atoms with E-state index >= 15 is 0 Å². The Kier molecular flexibility index (Phi) is 12.8. The molecule has 0 aromatic carbocycles. The highest BCUT2D eigenvalue weighted by Gasteiger charge is 2.68. The summed E-state index contributed by atoms with van der Waals surface area (Å²) in [7, 11) is 5.82. The second kappa shape index (κ2) is 17.1. The summed E-state index contributed by atoms with van der Waals surface area (Å²) in [6.45, 7) is 6.34. The summed E-state index contributed by atoms with van der Waals surface area (Å²) in [6.07, 6.45) is 9.53. The van der Waals surface area contributed by atoms with Gasteiger partial charge in [0.25, 0.3) is 0 Å². The number of aliphatic hydroxyl groups is 2. The number of rotatable bonds is 9. The molecule has 7 rings (SSSR count). The minimum absolute atomic E-state index is 0.0322. The van der Waals surface area contributed by atoms with Crippen molar-refractivity contribution < 1.29 is 49.4 Å². The minimum Gasteiger partial charge on any atom is -0.462 e. The van der Waals surface area contributed by atoms with Crippen LogP contribution in [-0.4, -0.2) is 120 Å². The molecule has 0 aromatic heterocycles. The van der Waals surface area contributed by atoms with E-state index in [9.17, 15) is 24.6 Å². The highest BCUT2D eigenvalue weighted by molar-refractivity contribution is 8.76. The number of ether oxygens (including phenoxy) is 3. The van der Waals surface area contributed by atoms with Crippen LogP contribution in [0, 0.1) is 41.4 Å². The van der Waals surface area contributed by atoms with E-state index in [0.29, 0.717) is 50.0 Å². The molecule has 1 saturated carbocycles. The third-order valence-corrected chi connectivity index (χ3v) is 16.7. The number of aliphatic hydroxyl groups excluding tert-OH is 2. The van der Waals surface area contributed by atoms with Crippen LogP contribution in [0.2, 0.25) is 0 Å². The molecule has 54 heavy (non-hydrogen) atoms. The SMILES string of the molecule is CC=C(CCO)C(=O)O[C@@]1(C)CC=C2CSSC[C@@H]3[C@H](C[NH2+]C)CN3C(=O)CC3C[NH2+]C(N)CC3[C@@H]2[C@@]12CC1CC3CC(CCCO)C(=O)OC3CC1O2. The number of hydrogen-bond acceptors (Lipinski definition) is 11. The topological polar surface area (TPSA) is 182 Å². The van der Waals surface area contributed by atoms with Crippen LogP contribution in [-0.2, 0) is 28.6 Å². The monoisotopic (exact) mass is 792 g/mol. The zero-order valence-electron chi connectivity index (χ0n) is 32.4. The molecule has 0 radical (unpaired) electrons. The molecule has 6 fully saturated rings. The van der Waals surface area contributed by atoms with Gasteiger partial charge in [-0.05, 0) is 63.7 Å². The Bertz CT molecular complexity index is 1470. The number of quaternary nitrogens is 2. The average Bonchev–Trinajstić information content (AvgIpc) is 3.51. The van der Waals surface area contributed by atoms with Crippen LogP contribution in [0.3, 0.4) is 0 Å². The molecule has 0 aromatic rings. The lowest BCUT2D eigenvalue weighted by atomic mass is 9.56. The first-order chi connectivity index (χ1) is 26.0. The molecular formula is C40H64N4O8S2+2. The van der Waals surface area contributed by atoms with E-state index in [1.807, 2.05) is 28.5 Å². The van der Waals surface area contributed by atoms with Crippen molar-refractivity contribution in [1.29, 1.82) is 0 Å². The number of nitrogens with zero attached hydrogens (tertiary/aromatic N) is 1. The van der Waals surface area contributed by atoms with Gasteiger partial charge in [-0.25, -0.2) is 4.79 Å². The number of fused-ring (bicyclic) bond motifs is 7. The van der Waals surface area contributed by atoms with Gasteiger partial charge in [-0.2, -0.15) is 0 Å². The van der Waals surface area contributed by atoms with Gasteiger partial charge in [-0.3, -0.25) is 15.3 Å². The Morgan fingerprint density at radius 2 is 1.98 bits per heavy atom. The highest BCUT2D eigenvalue weighted by Crippen LogP contribution is 2.62. The summed E-state index contributed by atoms with van der Waals surface area (Å²) in [4.78, 5) is 43.5. The van der Waals surface area contributed by atoms with Crippen molar-refractivity contribution in [3.8, 4) is 0 Å². The lowest BCUT2D eigenvalue weighted by Crippen LogP contribution is -2.96. The summed E-state index contributed by atoms with van der Waals surface area (Å²) in [6, 6.07) is 0.256. The van der Waals surface area contributed by atoms with Gasteiger partial charge < -0.3 is 40.0 Å². The lowest BCUT2D eigenvalue weighted by Gasteiger charge is -2.56. The maximum absolute atomic E-state index is 14.2. The van der Waals surface area contributed by atoms with Crippen molar-refractivity contribution in [2.45, 2.75) is 114 Å². The maximum atomic E-state index is 14.2. The van der Waals surface area contributed by atoms with Crippen molar-refractivity contribution in [3.63, 3.8) is 0 Å². The number of carbonyl (C=O) groups is 3. The van der Waals surface area contributed by atoms with Gasteiger partial charge in [0.1, 0.15) is 23.5 Å². The first-order valence-corrected chi connectivity index (χ1v) is 23.1. The largest absolute Gasteiger partial charge is 0.462 e. The molecule has 8 unspecified atom stereocenters. The van der Waals surface area contributed by atoms with Crippen LogP contribution in [0.1, 0.15) is 78.1 Å². The Hall–Kier alpha value is -1.65. The first kappa shape index (κ1) is 40.5. The number of esters is 2. The second-order valence-corrected chi connectivity index (χ2v) is 20.0. The Morgan fingerprint density at radius 3 is 2.74 bits per heavy atom. The molecule has 0 bridgehead atoms. The normalized spacial score (nSPS) is 42.5. The lowest BCUT2D eigenvalue weighted by molar-refractivity contribution is -0.706. The zero-order chi connectivity index (χ0) is 38.2. The fourth-order valence-electron chi connectivity index (χ4n) is 11.5. The van der Waals surface area contributed by atoms with E-state index in [2.05, 4.69) is 28.7 Å². The van der Waals surface area contributed by atoms with Gasteiger partial charge in [0.15, 0.2) is 0 Å². The molecule has 2 aliphatic carbocycles. The average molecular weight is 793 g/mol. The molecule has 14 heteroatoms. The number of piperidine rings is 1. The number of carbonyl (C=O) groups excluding carboxylic acids is 3. The molecule has 8 N–H and O–H groups in total. The van der Waals surface area contributed by atoms with Crippen molar-refractivity contribution in [2.75, 3.05) is 51.4 Å². The van der Waals surface area contributed by atoms with Crippen LogP contribution in [0.5, 0.6) is 0 Å².